The maximum absolute atomic E-state index is 12.2. The number of amides is 1. The number of hydrogen-bond acceptors (Lipinski definition) is 4. The van der Waals surface area contributed by atoms with Crippen molar-refractivity contribution in [2.45, 2.75) is 13.3 Å². The van der Waals surface area contributed by atoms with E-state index in [2.05, 4.69) is 21.7 Å². The van der Waals surface area contributed by atoms with Crippen molar-refractivity contribution in [2.24, 2.45) is 0 Å². The summed E-state index contributed by atoms with van der Waals surface area (Å²) in [5, 5.41) is 6.14. The van der Waals surface area contributed by atoms with Gasteiger partial charge in [-0.2, -0.15) is 0 Å². The molecule has 5 heteroatoms. The van der Waals surface area contributed by atoms with Crippen molar-refractivity contribution in [3.8, 4) is 5.75 Å². The highest BCUT2D eigenvalue weighted by molar-refractivity contribution is 6.03. The van der Waals surface area contributed by atoms with E-state index in [1.54, 1.807) is 31.5 Å². The first kappa shape index (κ1) is 18.5. The third-order valence-corrected chi connectivity index (χ3v) is 4.20. The van der Waals surface area contributed by atoms with Gasteiger partial charge in [0.1, 0.15) is 11.6 Å². The van der Waals surface area contributed by atoms with E-state index in [4.69, 9.17) is 4.74 Å². The number of hydrogen-bond donors (Lipinski definition) is 2. The number of carbonyl (C=O) groups excluding carboxylic acids is 1. The molecule has 0 saturated heterocycles. The molecule has 138 valence electrons. The summed E-state index contributed by atoms with van der Waals surface area (Å²) in [6, 6.07) is 19.2. The number of methoxy groups -OCH3 is 1. The molecular formula is C22H23N3O2. The predicted octanol–water partition coefficient (Wildman–Crippen LogP) is 4.31. The Hall–Kier alpha value is -3.34. The average molecular weight is 361 g/mol. The summed E-state index contributed by atoms with van der Waals surface area (Å²) < 4.78 is 5.24. The van der Waals surface area contributed by atoms with Crippen molar-refractivity contribution < 1.29 is 9.53 Å². The van der Waals surface area contributed by atoms with Gasteiger partial charge in [-0.15, -0.1) is 0 Å². The molecule has 5 nitrogen and oxygen atoms in total. The SMILES string of the molecule is COc1cccc(CCNc2ccc(NC(=O)c3ccc(C)cc3)nc2)c1. The number of benzene rings is 2. The topological polar surface area (TPSA) is 63.2 Å². The molecule has 3 aromatic rings. The van der Waals surface area contributed by atoms with Crippen LogP contribution in [0.5, 0.6) is 5.75 Å². The Morgan fingerprint density at radius 2 is 1.89 bits per heavy atom. The number of ether oxygens (including phenoxy) is 1. The molecule has 27 heavy (non-hydrogen) atoms. The van der Waals surface area contributed by atoms with Crippen LogP contribution >= 0.6 is 0 Å². The van der Waals surface area contributed by atoms with Crippen LogP contribution in [0.1, 0.15) is 21.5 Å². The molecule has 3 rings (SSSR count). The van der Waals surface area contributed by atoms with Crippen LogP contribution < -0.4 is 15.4 Å². The molecule has 2 aromatic carbocycles. The number of aryl methyl sites for hydroxylation is 1. The lowest BCUT2D eigenvalue weighted by atomic mass is 10.1. The summed E-state index contributed by atoms with van der Waals surface area (Å²) in [6.07, 6.45) is 2.60. The van der Waals surface area contributed by atoms with Gasteiger partial charge in [0.15, 0.2) is 0 Å². The Morgan fingerprint density at radius 1 is 1.07 bits per heavy atom. The molecule has 0 radical (unpaired) electrons. The second-order valence-electron chi connectivity index (χ2n) is 6.28. The summed E-state index contributed by atoms with van der Waals surface area (Å²) in [5.41, 5.74) is 3.85. The lowest BCUT2D eigenvalue weighted by Crippen LogP contribution is -2.13. The summed E-state index contributed by atoms with van der Waals surface area (Å²) in [5.74, 6) is 1.22. The second-order valence-corrected chi connectivity index (χ2v) is 6.28. The zero-order valence-electron chi connectivity index (χ0n) is 15.5. The Labute approximate surface area is 159 Å². The van der Waals surface area contributed by atoms with E-state index in [0.717, 1.165) is 30.0 Å². The van der Waals surface area contributed by atoms with Crippen LogP contribution in [0.4, 0.5) is 11.5 Å². The highest BCUT2D eigenvalue weighted by Gasteiger charge is 2.06. The van der Waals surface area contributed by atoms with E-state index in [9.17, 15) is 4.79 Å². The van der Waals surface area contributed by atoms with Gasteiger partial charge in [0.25, 0.3) is 5.91 Å². The maximum atomic E-state index is 12.2. The fourth-order valence-corrected chi connectivity index (χ4v) is 2.64. The highest BCUT2D eigenvalue weighted by atomic mass is 16.5. The van der Waals surface area contributed by atoms with Crippen molar-refractivity contribution in [3.63, 3.8) is 0 Å². The van der Waals surface area contributed by atoms with E-state index in [1.165, 1.54) is 5.56 Å². The minimum atomic E-state index is -0.166. The molecule has 0 bridgehead atoms. The molecule has 1 heterocycles. The first-order valence-electron chi connectivity index (χ1n) is 8.85. The second kappa shape index (κ2) is 8.85. The Kier molecular flexibility index (Phi) is 6.05. The van der Waals surface area contributed by atoms with E-state index in [0.29, 0.717) is 11.4 Å². The highest BCUT2D eigenvalue weighted by Crippen LogP contribution is 2.14. The number of pyridine rings is 1. The summed E-state index contributed by atoms with van der Waals surface area (Å²) in [4.78, 5) is 16.5. The number of carbonyl (C=O) groups is 1. The van der Waals surface area contributed by atoms with Crippen molar-refractivity contribution >= 4 is 17.4 Å². The van der Waals surface area contributed by atoms with Crippen LogP contribution in [0.2, 0.25) is 0 Å². The van der Waals surface area contributed by atoms with Gasteiger partial charge >= 0.3 is 0 Å². The minimum Gasteiger partial charge on any atom is -0.497 e. The average Bonchev–Trinajstić information content (AvgIpc) is 2.70. The molecule has 0 fully saturated rings. The molecule has 0 atom stereocenters. The minimum absolute atomic E-state index is 0.166. The molecule has 0 aliphatic heterocycles. The molecule has 0 spiro atoms. The van der Waals surface area contributed by atoms with Gasteiger partial charge in [-0.05, 0) is 55.3 Å². The van der Waals surface area contributed by atoms with Gasteiger partial charge in [0.2, 0.25) is 0 Å². The molecule has 2 N–H and O–H groups in total. The van der Waals surface area contributed by atoms with Crippen LogP contribution in [0.25, 0.3) is 0 Å². The van der Waals surface area contributed by atoms with Gasteiger partial charge in [0, 0.05) is 12.1 Å². The molecule has 0 unspecified atom stereocenters. The Bertz CT molecular complexity index is 890. The van der Waals surface area contributed by atoms with Crippen molar-refractivity contribution in [3.05, 3.63) is 83.6 Å². The smallest absolute Gasteiger partial charge is 0.256 e. The molecule has 0 aliphatic carbocycles. The van der Waals surface area contributed by atoms with Gasteiger partial charge in [-0.1, -0.05) is 29.8 Å². The lowest BCUT2D eigenvalue weighted by molar-refractivity contribution is 0.102. The monoisotopic (exact) mass is 361 g/mol. The van der Waals surface area contributed by atoms with E-state index < -0.39 is 0 Å². The van der Waals surface area contributed by atoms with Crippen LogP contribution in [-0.4, -0.2) is 24.5 Å². The van der Waals surface area contributed by atoms with Gasteiger partial charge in [-0.25, -0.2) is 4.98 Å². The molecular weight excluding hydrogens is 338 g/mol. The van der Waals surface area contributed by atoms with Crippen molar-refractivity contribution in [2.75, 3.05) is 24.3 Å². The molecule has 0 aliphatic rings. The summed E-state index contributed by atoms with van der Waals surface area (Å²) in [6.45, 7) is 2.77. The van der Waals surface area contributed by atoms with E-state index in [-0.39, 0.29) is 5.91 Å². The molecule has 1 aromatic heterocycles. The van der Waals surface area contributed by atoms with E-state index in [1.807, 2.05) is 43.3 Å². The number of nitrogens with zero attached hydrogens (tertiary/aromatic N) is 1. The first-order chi connectivity index (χ1) is 13.1. The van der Waals surface area contributed by atoms with Crippen molar-refractivity contribution in [1.82, 2.24) is 4.98 Å². The number of nitrogens with one attached hydrogen (secondary N) is 2. The van der Waals surface area contributed by atoms with Crippen LogP contribution in [0.3, 0.4) is 0 Å². The largest absolute Gasteiger partial charge is 0.497 e. The number of anilines is 2. The van der Waals surface area contributed by atoms with Crippen LogP contribution in [0, 0.1) is 6.92 Å². The van der Waals surface area contributed by atoms with E-state index >= 15 is 0 Å². The Balaban J connectivity index is 1.51. The lowest BCUT2D eigenvalue weighted by Gasteiger charge is -2.09. The fourth-order valence-electron chi connectivity index (χ4n) is 2.64. The fraction of sp³-hybridized carbons (Fsp3) is 0.182. The number of rotatable bonds is 7. The third kappa shape index (κ3) is 5.31. The van der Waals surface area contributed by atoms with Gasteiger partial charge in [-0.3, -0.25) is 4.79 Å². The maximum Gasteiger partial charge on any atom is 0.256 e. The standard InChI is InChI=1S/C22H23N3O2/c1-16-6-8-18(9-7-16)22(26)25-21-11-10-19(15-24-21)23-13-12-17-4-3-5-20(14-17)27-2/h3-11,14-15,23H,12-13H2,1-2H3,(H,24,25,26). The van der Waals surface area contributed by atoms with Crippen molar-refractivity contribution in [1.29, 1.82) is 0 Å². The normalized spacial score (nSPS) is 10.3. The summed E-state index contributed by atoms with van der Waals surface area (Å²) in [7, 11) is 1.67. The Morgan fingerprint density at radius 3 is 2.59 bits per heavy atom. The molecule has 1 amide bonds. The van der Waals surface area contributed by atoms with Crippen LogP contribution in [-0.2, 0) is 6.42 Å². The third-order valence-electron chi connectivity index (χ3n) is 4.20. The quantitative estimate of drug-likeness (QED) is 0.658. The van der Waals surface area contributed by atoms with Gasteiger partial charge in [0.05, 0.1) is 19.0 Å². The zero-order chi connectivity index (χ0) is 19.1. The summed E-state index contributed by atoms with van der Waals surface area (Å²) >= 11 is 0. The van der Waals surface area contributed by atoms with Gasteiger partial charge < -0.3 is 15.4 Å². The predicted molar refractivity (Wildman–Crippen MR) is 109 cm³/mol. The van der Waals surface area contributed by atoms with Crippen LogP contribution in [0.15, 0.2) is 66.9 Å². The number of aromatic nitrogens is 1. The zero-order valence-corrected chi connectivity index (χ0v) is 15.5. The first-order valence-corrected chi connectivity index (χ1v) is 8.85. The molecule has 0 saturated carbocycles.